The van der Waals surface area contributed by atoms with Crippen molar-refractivity contribution in [1.82, 2.24) is 0 Å². The minimum Gasteiger partial charge on any atom is -0.325 e. The van der Waals surface area contributed by atoms with Crippen LogP contribution in [0.2, 0.25) is 0 Å². The number of nitrogens with zero attached hydrogens (tertiary/aromatic N) is 1. The zero-order chi connectivity index (χ0) is 9.33. The van der Waals surface area contributed by atoms with Gasteiger partial charge in [0.05, 0.1) is 26.2 Å². The van der Waals surface area contributed by atoms with Crippen LogP contribution in [0.4, 0.5) is 0 Å². The molecule has 0 saturated heterocycles. The van der Waals surface area contributed by atoms with Gasteiger partial charge in [-0.2, -0.15) is 0 Å². The Bertz CT molecular complexity index is 55.0. The molecule has 0 aliphatic carbocycles. The molecule has 0 aromatic heterocycles. The minimum atomic E-state index is 1.28. The molecule has 0 aliphatic rings. The van der Waals surface area contributed by atoms with E-state index in [0.717, 1.165) is 0 Å². The van der Waals surface area contributed by atoms with E-state index >= 15 is 0 Å². The molecule has 0 heterocycles. The van der Waals surface area contributed by atoms with Gasteiger partial charge in [0.15, 0.2) is 0 Å². The number of quaternary nitrogens is 1. The van der Waals surface area contributed by atoms with E-state index in [0.29, 0.717) is 0 Å². The monoisotopic (exact) mass is 288 g/mol. The first-order valence-corrected chi connectivity index (χ1v) is 7.95. The van der Waals surface area contributed by atoms with Gasteiger partial charge in [0.2, 0.25) is 0 Å². The summed E-state index contributed by atoms with van der Waals surface area (Å²) in [6, 6.07) is 0. The summed E-state index contributed by atoms with van der Waals surface area (Å²) in [5, 5.41) is 0. The quantitative estimate of drug-likeness (QED) is 0.694. The topological polar surface area (TPSA) is 0 Å². The molecule has 11 heavy (non-hydrogen) atoms. The first kappa shape index (κ1) is 14.4. The highest BCUT2D eigenvalue weighted by atomic mass is 80.9. The van der Waals surface area contributed by atoms with Crippen LogP contribution in [0.5, 0.6) is 0 Å². The van der Waals surface area contributed by atoms with Crippen LogP contribution in [0.25, 0.3) is 0 Å². The summed E-state index contributed by atoms with van der Waals surface area (Å²) < 4.78 is 1.28. The Kier molecular flexibility index (Phi) is 11.8. The molecule has 0 rings (SSSR count). The standard InChI is InChI=1S/C8H20N.Br2/c1-5-9(6-2,7-3)8-4;1-2/h5-8H2,1-4H3;/q+1;. The van der Waals surface area contributed by atoms with Gasteiger partial charge < -0.3 is 4.48 Å². The highest BCUT2D eigenvalue weighted by Crippen LogP contribution is 2.03. The van der Waals surface area contributed by atoms with Crippen molar-refractivity contribution in [3.05, 3.63) is 0 Å². The van der Waals surface area contributed by atoms with Crippen molar-refractivity contribution in [2.45, 2.75) is 27.7 Å². The Morgan fingerprint density at radius 2 is 0.909 bits per heavy atom. The SMILES string of the molecule is BrBr.CC[N+](CC)(CC)CC. The predicted octanol–water partition coefficient (Wildman–Crippen LogP) is 3.57. The van der Waals surface area contributed by atoms with E-state index < -0.39 is 0 Å². The number of rotatable bonds is 4. The molecule has 0 aromatic rings. The van der Waals surface area contributed by atoms with Gasteiger partial charge in [-0.15, -0.1) is 0 Å². The van der Waals surface area contributed by atoms with E-state index in [2.05, 4.69) is 56.0 Å². The lowest BCUT2D eigenvalue weighted by atomic mass is 10.3. The summed E-state index contributed by atoms with van der Waals surface area (Å²) in [6.45, 7) is 14.2. The fourth-order valence-corrected chi connectivity index (χ4v) is 1.34. The third-order valence-electron chi connectivity index (χ3n) is 2.68. The highest BCUT2D eigenvalue weighted by molar-refractivity contribution is 9.93. The molecule has 0 atom stereocenters. The maximum Gasteiger partial charge on any atom is 0.0757 e. The number of halogens is 2. The van der Waals surface area contributed by atoms with E-state index in [1.54, 1.807) is 0 Å². The van der Waals surface area contributed by atoms with Crippen LogP contribution < -0.4 is 0 Å². The van der Waals surface area contributed by atoms with Crippen molar-refractivity contribution in [2.75, 3.05) is 26.2 Å². The lowest BCUT2D eigenvalue weighted by Gasteiger charge is -2.34. The first-order valence-electron chi connectivity index (χ1n) is 4.24. The maximum atomic E-state index is 2.75. The lowest BCUT2D eigenvalue weighted by Crippen LogP contribution is -2.47. The molecule has 0 amide bonds. The molecule has 0 radical (unpaired) electrons. The fraction of sp³-hybridized carbons (Fsp3) is 1.00. The molecule has 1 nitrogen and oxygen atoms in total. The van der Waals surface area contributed by atoms with Gasteiger partial charge in [-0.25, -0.2) is 0 Å². The molecule has 0 N–H and O–H groups in total. The second kappa shape index (κ2) is 9.01. The summed E-state index contributed by atoms with van der Waals surface area (Å²) in [5.41, 5.74) is 0. The second-order valence-electron chi connectivity index (χ2n) is 2.61. The van der Waals surface area contributed by atoms with Crippen LogP contribution >= 0.6 is 28.3 Å². The summed E-state index contributed by atoms with van der Waals surface area (Å²) in [6.07, 6.45) is 0. The normalized spacial score (nSPS) is 10.4. The summed E-state index contributed by atoms with van der Waals surface area (Å²) in [7, 11) is 0. The fourth-order valence-electron chi connectivity index (χ4n) is 1.34. The van der Waals surface area contributed by atoms with Crippen LogP contribution in [0, 0.1) is 0 Å². The average Bonchev–Trinajstić information content (AvgIpc) is 2.13. The van der Waals surface area contributed by atoms with Crippen molar-refractivity contribution >= 4 is 28.3 Å². The van der Waals surface area contributed by atoms with Crippen molar-refractivity contribution in [3.8, 4) is 0 Å². The van der Waals surface area contributed by atoms with Gasteiger partial charge in [0.1, 0.15) is 0 Å². The summed E-state index contributed by atoms with van der Waals surface area (Å²) in [5.74, 6) is 0. The van der Waals surface area contributed by atoms with Gasteiger partial charge >= 0.3 is 0 Å². The molecular formula is C8H20Br2N+. The van der Waals surface area contributed by atoms with Gasteiger partial charge in [-0.1, -0.05) is 0 Å². The second-order valence-corrected chi connectivity index (χ2v) is 2.61. The van der Waals surface area contributed by atoms with Crippen LogP contribution in [0.15, 0.2) is 0 Å². The van der Waals surface area contributed by atoms with Crippen LogP contribution in [0.1, 0.15) is 27.7 Å². The van der Waals surface area contributed by atoms with E-state index in [4.69, 9.17) is 0 Å². The predicted molar refractivity (Wildman–Crippen MR) is 60.3 cm³/mol. The third kappa shape index (κ3) is 5.21. The Labute approximate surface area is 86.6 Å². The molecule has 0 aromatic carbocycles. The smallest absolute Gasteiger partial charge is 0.0757 e. The van der Waals surface area contributed by atoms with E-state index in [1.165, 1.54) is 30.7 Å². The Balaban J connectivity index is 0. The molecule has 0 saturated carbocycles. The highest BCUT2D eigenvalue weighted by Gasteiger charge is 2.16. The first-order chi connectivity index (χ1) is 5.24. The van der Waals surface area contributed by atoms with E-state index in [9.17, 15) is 0 Å². The molecule has 3 heteroatoms. The third-order valence-corrected chi connectivity index (χ3v) is 2.68. The van der Waals surface area contributed by atoms with Gasteiger partial charge in [-0.3, -0.25) is 0 Å². The Hall–Kier alpha value is 0.920. The maximum absolute atomic E-state index is 2.75. The van der Waals surface area contributed by atoms with E-state index in [-0.39, 0.29) is 0 Å². The zero-order valence-electron chi connectivity index (χ0n) is 8.03. The van der Waals surface area contributed by atoms with Crippen LogP contribution in [-0.4, -0.2) is 30.7 Å². The summed E-state index contributed by atoms with van der Waals surface area (Å²) >= 11 is 5.50. The average molecular weight is 290 g/mol. The van der Waals surface area contributed by atoms with Gasteiger partial charge in [0.25, 0.3) is 0 Å². The van der Waals surface area contributed by atoms with Gasteiger partial charge in [-0.05, 0) is 27.7 Å². The molecule has 0 unspecified atom stereocenters. The van der Waals surface area contributed by atoms with Crippen molar-refractivity contribution in [1.29, 1.82) is 0 Å². The van der Waals surface area contributed by atoms with E-state index in [1.807, 2.05) is 0 Å². The molecule has 0 bridgehead atoms. The van der Waals surface area contributed by atoms with Crippen molar-refractivity contribution in [2.24, 2.45) is 0 Å². The number of hydrogen-bond donors (Lipinski definition) is 0. The Morgan fingerprint density at radius 3 is 0.909 bits per heavy atom. The molecule has 70 valence electrons. The molecule has 0 fully saturated rings. The van der Waals surface area contributed by atoms with Crippen molar-refractivity contribution in [3.63, 3.8) is 0 Å². The molecule has 0 aliphatic heterocycles. The largest absolute Gasteiger partial charge is 0.325 e. The van der Waals surface area contributed by atoms with Gasteiger partial charge in [0, 0.05) is 28.3 Å². The van der Waals surface area contributed by atoms with Crippen LogP contribution in [0.3, 0.4) is 0 Å². The van der Waals surface area contributed by atoms with Crippen LogP contribution in [-0.2, 0) is 0 Å². The molecule has 0 spiro atoms. The Morgan fingerprint density at radius 1 is 0.727 bits per heavy atom. The summed E-state index contributed by atoms with van der Waals surface area (Å²) in [4.78, 5) is 0. The lowest BCUT2D eigenvalue weighted by molar-refractivity contribution is -0.921. The minimum absolute atomic E-state index is 1.28. The number of hydrogen-bond acceptors (Lipinski definition) is 0. The molecular weight excluding hydrogens is 270 g/mol. The zero-order valence-corrected chi connectivity index (χ0v) is 11.2. The van der Waals surface area contributed by atoms with Crippen molar-refractivity contribution < 1.29 is 4.48 Å².